The first-order valence-electron chi connectivity index (χ1n) is 9.74. The Labute approximate surface area is 177 Å². The summed E-state index contributed by atoms with van der Waals surface area (Å²) in [6, 6.07) is 4.76. The van der Waals surface area contributed by atoms with Crippen molar-refractivity contribution >= 4 is 27.4 Å². The van der Waals surface area contributed by atoms with Crippen LogP contribution in [-0.2, 0) is 21.1 Å². The van der Waals surface area contributed by atoms with Gasteiger partial charge in [0.25, 0.3) is 0 Å². The molecular formula is C19H30ClFN4O3S. The van der Waals surface area contributed by atoms with Crippen LogP contribution in [0, 0.1) is 5.82 Å². The number of nitrogens with one attached hydrogen (secondary N) is 1. The zero-order valence-corrected chi connectivity index (χ0v) is 18.6. The van der Waals surface area contributed by atoms with Gasteiger partial charge in [0.1, 0.15) is 15.7 Å². The monoisotopic (exact) mass is 448 g/mol. The Bertz CT molecular complexity index is 763. The number of rotatable bonds is 9. The van der Waals surface area contributed by atoms with Crippen LogP contribution in [0.25, 0.3) is 0 Å². The van der Waals surface area contributed by atoms with Gasteiger partial charge < -0.3 is 15.0 Å². The fraction of sp³-hybridized carbons (Fsp3) is 0.632. The Balaban J connectivity index is 1.81. The minimum absolute atomic E-state index is 0.0186. The summed E-state index contributed by atoms with van der Waals surface area (Å²) in [5.74, 6) is 0.554. The van der Waals surface area contributed by atoms with E-state index in [1.165, 1.54) is 12.3 Å². The van der Waals surface area contributed by atoms with E-state index in [9.17, 15) is 12.8 Å². The third-order valence-corrected chi connectivity index (χ3v) is 5.81. The Morgan fingerprint density at radius 2 is 2.00 bits per heavy atom. The van der Waals surface area contributed by atoms with Crippen molar-refractivity contribution in [2.75, 3.05) is 64.5 Å². The standard InChI is InChI=1S/C19H30ClFN4O3S/c1-3-22-19(23-7-12-28-13-14-29(2,26)27)25-10-8-24(9-11-25)15-16-17(20)5-4-6-18(16)21/h4-6H,3,7-15H2,1-2H3,(H,22,23). The number of piperazine rings is 1. The molecule has 0 bridgehead atoms. The van der Waals surface area contributed by atoms with Crippen LogP contribution in [0.1, 0.15) is 12.5 Å². The maximum Gasteiger partial charge on any atom is 0.194 e. The van der Waals surface area contributed by atoms with Crippen molar-refractivity contribution in [3.8, 4) is 0 Å². The second-order valence-electron chi connectivity index (χ2n) is 6.94. The SMILES string of the molecule is CCNC(=NCCOCCS(C)(=O)=O)N1CCN(Cc2c(F)cccc2Cl)CC1. The molecule has 1 aromatic rings. The molecule has 2 rings (SSSR count). The Kier molecular flexibility index (Phi) is 9.61. The first-order chi connectivity index (χ1) is 13.8. The number of nitrogens with zero attached hydrogens (tertiary/aromatic N) is 3. The molecule has 0 unspecified atom stereocenters. The predicted molar refractivity (Wildman–Crippen MR) is 115 cm³/mol. The van der Waals surface area contributed by atoms with Crippen molar-refractivity contribution in [2.45, 2.75) is 13.5 Å². The number of hydrogen-bond acceptors (Lipinski definition) is 5. The van der Waals surface area contributed by atoms with Gasteiger partial charge in [0, 0.05) is 56.1 Å². The maximum absolute atomic E-state index is 14.0. The predicted octanol–water partition coefficient (Wildman–Crippen LogP) is 1.62. The Hall–Kier alpha value is -1.42. The number of halogens is 2. The van der Waals surface area contributed by atoms with Crippen LogP contribution in [-0.4, -0.2) is 88.7 Å². The quantitative estimate of drug-likeness (QED) is 0.351. The summed E-state index contributed by atoms with van der Waals surface area (Å²) < 4.78 is 41.5. The number of ether oxygens (including phenoxy) is 1. The summed E-state index contributed by atoms with van der Waals surface area (Å²) in [6.07, 6.45) is 1.19. The highest BCUT2D eigenvalue weighted by atomic mass is 35.5. The minimum atomic E-state index is -3.00. The van der Waals surface area contributed by atoms with Gasteiger partial charge in [-0.3, -0.25) is 9.89 Å². The number of guanidine groups is 1. The number of hydrogen-bond donors (Lipinski definition) is 1. The zero-order valence-electron chi connectivity index (χ0n) is 17.0. The summed E-state index contributed by atoms with van der Waals surface area (Å²) in [5, 5.41) is 3.73. The normalized spacial score (nSPS) is 16.3. The van der Waals surface area contributed by atoms with Gasteiger partial charge in [-0.1, -0.05) is 17.7 Å². The van der Waals surface area contributed by atoms with Crippen molar-refractivity contribution in [3.05, 3.63) is 34.6 Å². The zero-order chi connectivity index (χ0) is 21.3. The molecule has 7 nitrogen and oxygen atoms in total. The smallest absolute Gasteiger partial charge is 0.194 e. The largest absolute Gasteiger partial charge is 0.378 e. The fourth-order valence-electron chi connectivity index (χ4n) is 2.98. The molecule has 1 aliphatic heterocycles. The van der Waals surface area contributed by atoms with Gasteiger partial charge in [0.2, 0.25) is 0 Å². The van der Waals surface area contributed by atoms with E-state index in [2.05, 4.69) is 20.1 Å². The van der Waals surface area contributed by atoms with Crippen molar-refractivity contribution in [1.29, 1.82) is 0 Å². The van der Waals surface area contributed by atoms with Crippen LogP contribution in [0.3, 0.4) is 0 Å². The van der Waals surface area contributed by atoms with Crippen molar-refractivity contribution in [3.63, 3.8) is 0 Å². The van der Waals surface area contributed by atoms with E-state index < -0.39 is 9.84 Å². The first kappa shape index (κ1) is 23.9. The molecule has 29 heavy (non-hydrogen) atoms. The van der Waals surface area contributed by atoms with Crippen LogP contribution < -0.4 is 5.32 Å². The van der Waals surface area contributed by atoms with E-state index in [4.69, 9.17) is 16.3 Å². The second kappa shape index (κ2) is 11.7. The van der Waals surface area contributed by atoms with Crippen molar-refractivity contribution in [1.82, 2.24) is 15.1 Å². The molecule has 1 fully saturated rings. The molecule has 164 valence electrons. The van der Waals surface area contributed by atoms with Gasteiger partial charge in [0.15, 0.2) is 5.96 Å². The molecule has 1 heterocycles. The summed E-state index contributed by atoms with van der Waals surface area (Å²) in [5.41, 5.74) is 0.537. The third-order valence-electron chi connectivity index (χ3n) is 4.55. The van der Waals surface area contributed by atoms with Crippen LogP contribution >= 0.6 is 11.6 Å². The van der Waals surface area contributed by atoms with Gasteiger partial charge in [-0.15, -0.1) is 0 Å². The lowest BCUT2D eigenvalue weighted by atomic mass is 10.2. The molecule has 0 saturated carbocycles. The van der Waals surface area contributed by atoms with Gasteiger partial charge in [-0.2, -0.15) is 0 Å². The fourth-order valence-corrected chi connectivity index (χ4v) is 3.62. The second-order valence-corrected chi connectivity index (χ2v) is 9.61. The van der Waals surface area contributed by atoms with E-state index in [1.807, 2.05) is 6.92 Å². The number of benzene rings is 1. The molecule has 0 amide bonds. The maximum atomic E-state index is 14.0. The highest BCUT2D eigenvalue weighted by molar-refractivity contribution is 7.90. The molecule has 1 saturated heterocycles. The van der Waals surface area contributed by atoms with E-state index in [0.717, 1.165) is 38.7 Å². The summed E-state index contributed by atoms with van der Waals surface area (Å²) >= 11 is 6.14. The van der Waals surface area contributed by atoms with Gasteiger partial charge in [-0.25, -0.2) is 12.8 Å². The molecule has 1 aromatic carbocycles. The van der Waals surface area contributed by atoms with Crippen LogP contribution in [0.4, 0.5) is 4.39 Å². The summed E-state index contributed by atoms with van der Waals surface area (Å²) in [6.45, 7) is 7.35. The third kappa shape index (κ3) is 8.46. The van der Waals surface area contributed by atoms with E-state index >= 15 is 0 Å². The van der Waals surface area contributed by atoms with E-state index in [0.29, 0.717) is 30.3 Å². The van der Waals surface area contributed by atoms with Crippen LogP contribution in [0.2, 0.25) is 5.02 Å². The average molecular weight is 449 g/mol. The van der Waals surface area contributed by atoms with Gasteiger partial charge >= 0.3 is 0 Å². The molecule has 1 aliphatic rings. The number of sulfone groups is 1. The summed E-state index contributed by atoms with van der Waals surface area (Å²) in [4.78, 5) is 8.91. The lowest BCUT2D eigenvalue weighted by Gasteiger charge is -2.36. The Morgan fingerprint density at radius 3 is 2.62 bits per heavy atom. The molecule has 0 atom stereocenters. The molecule has 0 aromatic heterocycles. The molecule has 0 spiro atoms. The van der Waals surface area contributed by atoms with E-state index in [-0.39, 0.29) is 18.2 Å². The summed E-state index contributed by atoms with van der Waals surface area (Å²) in [7, 11) is -3.00. The topological polar surface area (TPSA) is 74.2 Å². The average Bonchev–Trinajstić information content (AvgIpc) is 2.66. The minimum Gasteiger partial charge on any atom is -0.378 e. The number of aliphatic imine (C=N–C) groups is 1. The Morgan fingerprint density at radius 1 is 1.28 bits per heavy atom. The lowest BCUT2D eigenvalue weighted by Crippen LogP contribution is -2.52. The van der Waals surface area contributed by atoms with Gasteiger partial charge in [0.05, 0.1) is 25.5 Å². The highest BCUT2D eigenvalue weighted by Crippen LogP contribution is 2.21. The van der Waals surface area contributed by atoms with Crippen LogP contribution in [0.15, 0.2) is 23.2 Å². The molecule has 10 heteroatoms. The molecule has 0 radical (unpaired) electrons. The van der Waals surface area contributed by atoms with E-state index in [1.54, 1.807) is 12.1 Å². The van der Waals surface area contributed by atoms with Crippen molar-refractivity contribution < 1.29 is 17.5 Å². The van der Waals surface area contributed by atoms with Gasteiger partial charge in [-0.05, 0) is 19.1 Å². The van der Waals surface area contributed by atoms with Crippen molar-refractivity contribution in [2.24, 2.45) is 4.99 Å². The first-order valence-corrected chi connectivity index (χ1v) is 12.2. The molecule has 1 N–H and O–H groups in total. The highest BCUT2D eigenvalue weighted by Gasteiger charge is 2.21. The molecular weight excluding hydrogens is 419 g/mol. The molecule has 0 aliphatic carbocycles. The van der Waals surface area contributed by atoms with Crippen LogP contribution in [0.5, 0.6) is 0 Å². The lowest BCUT2D eigenvalue weighted by molar-refractivity contribution is 0.155.